The lowest BCUT2D eigenvalue weighted by atomic mass is 9.68. The van der Waals surface area contributed by atoms with E-state index in [1.165, 1.54) is 10.4 Å². The lowest BCUT2D eigenvalue weighted by Gasteiger charge is -2.44. The Morgan fingerprint density at radius 2 is 1.33 bits per heavy atom. The van der Waals surface area contributed by atoms with Crippen molar-refractivity contribution in [2.24, 2.45) is 11.8 Å². The van der Waals surface area contributed by atoms with Crippen LogP contribution in [0.15, 0.2) is 60.7 Å². The Morgan fingerprint density at radius 3 is 1.88 bits per heavy atom. The Labute approximate surface area is 154 Å². The third-order valence-corrected chi connectivity index (χ3v) is 12.1. The molecule has 2 aromatic rings. The van der Waals surface area contributed by atoms with E-state index in [0.717, 1.165) is 24.9 Å². The molecule has 0 unspecified atom stereocenters. The largest absolute Gasteiger partial charge is 0.296 e. The Morgan fingerprint density at radius 1 is 0.833 bits per heavy atom. The molecule has 2 fully saturated rings. The van der Waals surface area contributed by atoms with Crippen LogP contribution in [0.3, 0.4) is 0 Å². The van der Waals surface area contributed by atoms with Gasteiger partial charge in [-0.3, -0.25) is 4.79 Å². The molecule has 1 aliphatic carbocycles. The summed E-state index contributed by atoms with van der Waals surface area (Å²) in [4.78, 5) is 12.3. The van der Waals surface area contributed by atoms with Crippen LogP contribution in [0.5, 0.6) is 0 Å². The van der Waals surface area contributed by atoms with Crippen molar-refractivity contribution in [3.8, 4) is 0 Å². The molecule has 0 spiro atoms. The second kappa shape index (κ2) is 6.01. The minimum absolute atomic E-state index is 0.0433. The van der Waals surface area contributed by atoms with Gasteiger partial charge in [-0.05, 0) is 24.9 Å². The average Bonchev–Trinajstić information content (AvgIpc) is 2.83. The molecule has 2 aliphatic rings. The Kier molecular flexibility index (Phi) is 4.10. The van der Waals surface area contributed by atoms with Gasteiger partial charge in [0.25, 0.3) is 0 Å². The third-order valence-electron chi connectivity index (χ3n) is 6.03. The molecule has 1 aliphatic heterocycles. The van der Waals surface area contributed by atoms with E-state index < -0.39 is 12.4 Å². The van der Waals surface area contributed by atoms with E-state index in [0.29, 0.717) is 0 Å². The third kappa shape index (κ3) is 2.39. The highest BCUT2D eigenvalue weighted by molar-refractivity contribution is 7.02. The number of benzene rings is 2. The van der Waals surface area contributed by atoms with Crippen LogP contribution >= 0.6 is 23.2 Å². The van der Waals surface area contributed by atoms with Crippen molar-refractivity contribution < 1.29 is 4.79 Å². The van der Waals surface area contributed by atoms with Crippen molar-refractivity contribution in [3.05, 3.63) is 60.7 Å². The van der Waals surface area contributed by atoms with E-state index in [9.17, 15) is 4.79 Å². The maximum absolute atomic E-state index is 12.3. The number of carbonyl (C=O) groups excluding carboxylic acids is 1. The van der Waals surface area contributed by atoms with Gasteiger partial charge in [-0.2, -0.15) is 0 Å². The summed E-state index contributed by atoms with van der Waals surface area (Å²) in [6.45, 7) is 0. The summed E-state index contributed by atoms with van der Waals surface area (Å²) in [6.07, 6.45) is 1.86. The second-order valence-corrected chi connectivity index (χ2v) is 12.8. The lowest BCUT2D eigenvalue weighted by Crippen LogP contribution is -2.57. The van der Waals surface area contributed by atoms with Crippen LogP contribution in [-0.4, -0.2) is 18.2 Å². The van der Waals surface area contributed by atoms with Crippen molar-refractivity contribution >= 4 is 47.4 Å². The molecule has 1 saturated carbocycles. The molecule has 1 nitrogen and oxygen atoms in total. The highest BCUT2D eigenvalue weighted by Crippen LogP contribution is 2.55. The van der Waals surface area contributed by atoms with E-state index in [4.69, 9.17) is 23.2 Å². The molecule has 0 bridgehead atoms. The molecule has 0 amide bonds. The van der Waals surface area contributed by atoms with Gasteiger partial charge in [0.05, 0.1) is 0 Å². The van der Waals surface area contributed by atoms with Crippen molar-refractivity contribution in [1.29, 1.82) is 0 Å². The van der Waals surface area contributed by atoms with Crippen LogP contribution < -0.4 is 10.4 Å². The molecule has 24 heavy (non-hydrogen) atoms. The SMILES string of the molecule is O=C1[C@@H]2CC[Si](c3ccccc3)(c3ccccc3)CC[C@H]2C1(Cl)Cl. The molecule has 1 heterocycles. The number of ketones is 1. The molecular weight excluding hydrogens is 355 g/mol. The normalized spacial score (nSPS) is 27.7. The van der Waals surface area contributed by atoms with Crippen LogP contribution in [0.25, 0.3) is 0 Å². The summed E-state index contributed by atoms with van der Waals surface area (Å²) >= 11 is 12.6. The first-order chi connectivity index (χ1) is 11.6. The Bertz CT molecular complexity index is 705. The standard InChI is InChI=1S/C20H20Cl2OSi/c21-20(22)18-12-14-24(13-11-17(18)19(20)23,15-7-3-1-4-8-15)16-9-5-2-6-10-16/h1-10,17-18H,11-14H2/t17-,18-/m1/s1. The first kappa shape index (κ1) is 16.4. The van der Waals surface area contributed by atoms with Crippen LogP contribution in [0.4, 0.5) is 0 Å². The maximum atomic E-state index is 12.3. The molecule has 0 radical (unpaired) electrons. The number of alkyl halides is 2. The minimum atomic E-state index is -1.89. The smallest absolute Gasteiger partial charge is 0.179 e. The molecule has 2 aromatic carbocycles. The van der Waals surface area contributed by atoms with Gasteiger partial charge in [0.1, 0.15) is 8.07 Å². The first-order valence-corrected chi connectivity index (χ1v) is 11.8. The van der Waals surface area contributed by atoms with Crippen molar-refractivity contribution in [1.82, 2.24) is 0 Å². The predicted molar refractivity (Wildman–Crippen MR) is 103 cm³/mol. The summed E-state index contributed by atoms with van der Waals surface area (Å²) in [5, 5.41) is 2.92. The van der Waals surface area contributed by atoms with Gasteiger partial charge in [0, 0.05) is 11.8 Å². The fourth-order valence-electron chi connectivity index (χ4n) is 4.67. The van der Waals surface area contributed by atoms with Crippen molar-refractivity contribution in [2.45, 2.75) is 29.3 Å². The predicted octanol–water partition coefficient (Wildman–Crippen LogP) is 4.03. The summed E-state index contributed by atoms with van der Waals surface area (Å²) in [7, 11) is -1.89. The molecule has 2 atom stereocenters. The highest BCUT2D eigenvalue weighted by atomic mass is 35.5. The van der Waals surface area contributed by atoms with Gasteiger partial charge >= 0.3 is 0 Å². The number of halogens is 2. The van der Waals surface area contributed by atoms with Gasteiger partial charge in [-0.15, -0.1) is 0 Å². The van der Waals surface area contributed by atoms with Crippen LogP contribution in [0.2, 0.25) is 12.1 Å². The zero-order valence-corrected chi connectivity index (χ0v) is 15.9. The average molecular weight is 375 g/mol. The molecule has 1 saturated heterocycles. The van der Waals surface area contributed by atoms with E-state index >= 15 is 0 Å². The van der Waals surface area contributed by atoms with E-state index in [1.54, 1.807) is 0 Å². The van der Waals surface area contributed by atoms with Gasteiger partial charge in [-0.25, -0.2) is 0 Å². The minimum Gasteiger partial charge on any atom is -0.296 e. The summed E-state index contributed by atoms with van der Waals surface area (Å²) in [6, 6.07) is 23.9. The molecule has 0 N–H and O–H groups in total. The lowest BCUT2D eigenvalue weighted by molar-refractivity contribution is -0.135. The first-order valence-electron chi connectivity index (χ1n) is 8.59. The molecule has 4 heteroatoms. The topological polar surface area (TPSA) is 17.1 Å². The molecule has 124 valence electrons. The summed E-state index contributed by atoms with van der Waals surface area (Å²) in [5.41, 5.74) is 0. The van der Waals surface area contributed by atoms with Crippen LogP contribution in [0, 0.1) is 11.8 Å². The molecular formula is C20H20Cl2OSi. The molecule has 4 rings (SSSR count). The van der Waals surface area contributed by atoms with Gasteiger partial charge in [-0.1, -0.05) is 94.2 Å². The van der Waals surface area contributed by atoms with Gasteiger partial charge in [0.15, 0.2) is 10.1 Å². The van der Waals surface area contributed by atoms with Gasteiger partial charge < -0.3 is 0 Å². The van der Waals surface area contributed by atoms with Crippen LogP contribution in [0.1, 0.15) is 12.8 Å². The van der Waals surface area contributed by atoms with E-state index in [-0.39, 0.29) is 17.6 Å². The quantitative estimate of drug-likeness (QED) is 0.572. The number of carbonyl (C=O) groups is 1. The maximum Gasteiger partial charge on any atom is 0.179 e. The highest BCUT2D eigenvalue weighted by Gasteiger charge is 2.61. The number of rotatable bonds is 2. The summed E-state index contributed by atoms with van der Waals surface area (Å²) in [5.74, 6) is 0.221. The van der Waals surface area contributed by atoms with E-state index in [2.05, 4.69) is 60.7 Å². The molecule has 0 aromatic heterocycles. The monoisotopic (exact) mass is 374 g/mol. The second-order valence-electron chi connectivity index (χ2n) is 7.09. The van der Waals surface area contributed by atoms with E-state index in [1.807, 2.05) is 0 Å². The fraction of sp³-hybridized carbons (Fsp3) is 0.350. The van der Waals surface area contributed by atoms with Crippen molar-refractivity contribution in [3.63, 3.8) is 0 Å². The number of hydrogen-bond donors (Lipinski definition) is 0. The summed E-state index contributed by atoms with van der Waals surface area (Å²) < 4.78 is -1.15. The Balaban J connectivity index is 1.77. The van der Waals surface area contributed by atoms with Gasteiger partial charge in [0.2, 0.25) is 0 Å². The fourth-order valence-corrected chi connectivity index (χ4v) is 10.5. The number of fused-ring (bicyclic) bond motifs is 1. The van der Waals surface area contributed by atoms with Crippen molar-refractivity contribution in [2.75, 3.05) is 0 Å². The number of hydrogen-bond acceptors (Lipinski definition) is 1. The Hall–Kier alpha value is -1.09. The number of Topliss-reactive ketones (excluding diaryl/α,β-unsaturated/α-hetero) is 1. The zero-order valence-electron chi connectivity index (χ0n) is 13.4. The van der Waals surface area contributed by atoms with Crippen LogP contribution in [-0.2, 0) is 4.79 Å². The zero-order chi connectivity index (χ0) is 16.8.